The normalized spacial score (nSPS) is 18.6. The molecule has 2 aromatic rings. The van der Waals surface area contributed by atoms with Crippen molar-refractivity contribution in [2.75, 3.05) is 0 Å². The molecule has 5 nitrogen and oxygen atoms in total. The first-order valence-corrected chi connectivity index (χ1v) is 6.19. The van der Waals surface area contributed by atoms with Crippen molar-refractivity contribution in [1.29, 1.82) is 0 Å². The maximum absolute atomic E-state index is 9.26. The van der Waals surface area contributed by atoms with Crippen LogP contribution in [0.25, 0.3) is 0 Å². The molecule has 3 N–H and O–H groups in total. The Morgan fingerprint density at radius 1 is 1.28 bits per heavy atom. The Hall–Kier alpha value is -1.88. The molecular formula is C13H16N4O. The zero-order valence-electron chi connectivity index (χ0n) is 10.1. The highest BCUT2D eigenvalue weighted by Gasteiger charge is 2.21. The van der Waals surface area contributed by atoms with Crippen molar-refractivity contribution in [2.45, 2.75) is 31.8 Å². The predicted octanol–water partition coefficient (Wildman–Crippen LogP) is 1.37. The number of aromatic hydroxyl groups is 1. The molecule has 94 valence electrons. The van der Waals surface area contributed by atoms with Gasteiger partial charge in [0.15, 0.2) is 0 Å². The SMILES string of the molecule is NC1CCCn2c(Cc3ccc(O)cc3)nnc21. The number of nitrogens with two attached hydrogens (primary N) is 1. The molecule has 0 aliphatic carbocycles. The minimum Gasteiger partial charge on any atom is -0.508 e. The third-order valence-corrected chi connectivity index (χ3v) is 3.38. The van der Waals surface area contributed by atoms with Gasteiger partial charge in [0.05, 0.1) is 6.04 Å². The molecule has 18 heavy (non-hydrogen) atoms. The van der Waals surface area contributed by atoms with E-state index in [1.807, 2.05) is 12.1 Å². The summed E-state index contributed by atoms with van der Waals surface area (Å²) in [4.78, 5) is 0. The first-order valence-electron chi connectivity index (χ1n) is 6.19. The lowest BCUT2D eigenvalue weighted by Crippen LogP contribution is -2.23. The molecule has 1 aliphatic rings. The Kier molecular flexibility index (Phi) is 2.76. The van der Waals surface area contributed by atoms with Crippen molar-refractivity contribution in [3.05, 3.63) is 41.5 Å². The first kappa shape index (κ1) is 11.2. The third-order valence-electron chi connectivity index (χ3n) is 3.38. The summed E-state index contributed by atoms with van der Waals surface area (Å²) in [5.41, 5.74) is 7.13. The maximum atomic E-state index is 9.26. The zero-order chi connectivity index (χ0) is 12.5. The minimum atomic E-state index is 0.0137. The zero-order valence-corrected chi connectivity index (χ0v) is 10.1. The molecule has 0 fully saturated rings. The predicted molar refractivity (Wildman–Crippen MR) is 67.1 cm³/mol. The average Bonchev–Trinajstić information content (AvgIpc) is 2.77. The van der Waals surface area contributed by atoms with Crippen LogP contribution in [0.3, 0.4) is 0 Å². The number of phenolic OH excluding ortho intramolecular Hbond substituents is 1. The van der Waals surface area contributed by atoms with E-state index in [9.17, 15) is 5.11 Å². The van der Waals surface area contributed by atoms with Gasteiger partial charge in [0.25, 0.3) is 0 Å². The number of phenols is 1. The molecule has 1 aliphatic heterocycles. The molecular weight excluding hydrogens is 228 g/mol. The van der Waals surface area contributed by atoms with Gasteiger partial charge in [0, 0.05) is 13.0 Å². The summed E-state index contributed by atoms with van der Waals surface area (Å²) in [7, 11) is 0. The lowest BCUT2D eigenvalue weighted by atomic mass is 10.1. The van der Waals surface area contributed by atoms with E-state index in [0.29, 0.717) is 0 Å². The second-order valence-corrected chi connectivity index (χ2v) is 4.72. The monoisotopic (exact) mass is 244 g/mol. The fourth-order valence-electron chi connectivity index (χ4n) is 2.39. The van der Waals surface area contributed by atoms with Gasteiger partial charge in [-0.3, -0.25) is 0 Å². The molecule has 0 saturated carbocycles. The van der Waals surface area contributed by atoms with Crippen molar-refractivity contribution in [3.8, 4) is 5.75 Å². The summed E-state index contributed by atoms with van der Waals surface area (Å²) in [5.74, 6) is 2.13. The fraction of sp³-hybridized carbons (Fsp3) is 0.385. The number of benzene rings is 1. The molecule has 1 aromatic carbocycles. The van der Waals surface area contributed by atoms with Gasteiger partial charge in [-0.05, 0) is 30.5 Å². The highest BCUT2D eigenvalue weighted by molar-refractivity contribution is 5.28. The van der Waals surface area contributed by atoms with Crippen LogP contribution >= 0.6 is 0 Å². The molecule has 0 radical (unpaired) electrons. The number of hydrogen-bond acceptors (Lipinski definition) is 4. The van der Waals surface area contributed by atoms with Gasteiger partial charge < -0.3 is 15.4 Å². The van der Waals surface area contributed by atoms with Crippen LogP contribution in [-0.4, -0.2) is 19.9 Å². The highest BCUT2D eigenvalue weighted by atomic mass is 16.3. The number of nitrogens with zero attached hydrogens (tertiary/aromatic N) is 3. The molecule has 3 rings (SSSR count). The summed E-state index contributed by atoms with van der Waals surface area (Å²) in [6, 6.07) is 7.20. The maximum Gasteiger partial charge on any atom is 0.149 e. The van der Waals surface area contributed by atoms with E-state index in [1.165, 1.54) is 0 Å². The van der Waals surface area contributed by atoms with Crippen LogP contribution in [0.5, 0.6) is 5.75 Å². The molecule has 2 heterocycles. The van der Waals surface area contributed by atoms with Crippen molar-refractivity contribution in [2.24, 2.45) is 5.73 Å². The van der Waals surface area contributed by atoms with Gasteiger partial charge in [-0.1, -0.05) is 12.1 Å². The van der Waals surface area contributed by atoms with Gasteiger partial charge >= 0.3 is 0 Å². The van der Waals surface area contributed by atoms with Crippen molar-refractivity contribution in [1.82, 2.24) is 14.8 Å². The molecule has 0 spiro atoms. The molecule has 1 atom stereocenters. The smallest absolute Gasteiger partial charge is 0.149 e. The Bertz CT molecular complexity index is 547. The van der Waals surface area contributed by atoms with E-state index >= 15 is 0 Å². The largest absolute Gasteiger partial charge is 0.508 e. The van der Waals surface area contributed by atoms with Crippen molar-refractivity contribution < 1.29 is 5.11 Å². The van der Waals surface area contributed by atoms with Crippen LogP contribution in [-0.2, 0) is 13.0 Å². The Labute approximate surface area is 105 Å². The Balaban J connectivity index is 1.87. The lowest BCUT2D eigenvalue weighted by molar-refractivity contribution is 0.444. The van der Waals surface area contributed by atoms with E-state index in [4.69, 9.17) is 5.73 Å². The standard InChI is InChI=1S/C13H16N4O/c14-11-2-1-7-17-12(15-16-13(11)17)8-9-3-5-10(18)6-4-9/h3-6,11,18H,1-2,7-8,14H2. The van der Waals surface area contributed by atoms with Crippen LogP contribution in [0, 0.1) is 0 Å². The van der Waals surface area contributed by atoms with Crippen LogP contribution in [0.15, 0.2) is 24.3 Å². The molecule has 1 aromatic heterocycles. The van der Waals surface area contributed by atoms with Crippen LogP contribution in [0.4, 0.5) is 0 Å². The summed E-state index contributed by atoms with van der Waals surface area (Å²) in [5, 5.41) is 17.7. The third kappa shape index (κ3) is 1.97. The van der Waals surface area contributed by atoms with Gasteiger partial charge in [-0.2, -0.15) is 0 Å². The van der Waals surface area contributed by atoms with E-state index in [1.54, 1.807) is 12.1 Å². The van der Waals surface area contributed by atoms with Gasteiger partial charge in [-0.15, -0.1) is 10.2 Å². The average molecular weight is 244 g/mol. The quantitative estimate of drug-likeness (QED) is 0.836. The van der Waals surface area contributed by atoms with Crippen LogP contribution in [0.1, 0.15) is 36.1 Å². The number of hydrogen-bond donors (Lipinski definition) is 2. The minimum absolute atomic E-state index is 0.0137. The summed E-state index contributed by atoms with van der Waals surface area (Å²) < 4.78 is 2.13. The fourth-order valence-corrected chi connectivity index (χ4v) is 2.39. The topological polar surface area (TPSA) is 77.0 Å². The van der Waals surface area contributed by atoms with Gasteiger partial charge in [0.2, 0.25) is 0 Å². The van der Waals surface area contributed by atoms with E-state index in [2.05, 4.69) is 14.8 Å². The number of rotatable bonds is 2. The second kappa shape index (κ2) is 4.42. The second-order valence-electron chi connectivity index (χ2n) is 4.72. The Morgan fingerprint density at radius 3 is 2.83 bits per heavy atom. The Morgan fingerprint density at radius 2 is 2.06 bits per heavy atom. The summed E-state index contributed by atoms with van der Waals surface area (Å²) in [6.45, 7) is 0.948. The lowest BCUT2D eigenvalue weighted by Gasteiger charge is -2.20. The van der Waals surface area contributed by atoms with E-state index < -0.39 is 0 Å². The van der Waals surface area contributed by atoms with Gasteiger partial charge in [0.1, 0.15) is 17.4 Å². The highest BCUT2D eigenvalue weighted by Crippen LogP contribution is 2.23. The molecule has 0 saturated heterocycles. The molecule has 5 heteroatoms. The number of fused-ring (bicyclic) bond motifs is 1. The molecule has 1 unspecified atom stereocenters. The van der Waals surface area contributed by atoms with E-state index in [0.717, 1.165) is 43.0 Å². The molecule has 0 bridgehead atoms. The van der Waals surface area contributed by atoms with Crippen molar-refractivity contribution >= 4 is 0 Å². The number of aromatic nitrogens is 3. The first-order chi connectivity index (χ1) is 8.74. The van der Waals surface area contributed by atoms with Gasteiger partial charge in [-0.25, -0.2) is 0 Å². The van der Waals surface area contributed by atoms with Crippen molar-refractivity contribution in [3.63, 3.8) is 0 Å². The summed E-state index contributed by atoms with van der Waals surface area (Å²) in [6.07, 6.45) is 2.78. The summed E-state index contributed by atoms with van der Waals surface area (Å²) >= 11 is 0. The van der Waals surface area contributed by atoms with E-state index in [-0.39, 0.29) is 11.8 Å². The van der Waals surface area contributed by atoms with Crippen LogP contribution in [0.2, 0.25) is 0 Å². The molecule has 0 amide bonds. The van der Waals surface area contributed by atoms with Crippen LogP contribution < -0.4 is 5.73 Å².